The molecule has 2 aromatic carbocycles. The van der Waals surface area contributed by atoms with Crippen LogP contribution in [0.25, 0.3) is 10.8 Å². The third kappa shape index (κ3) is 4.38. The molecule has 1 aliphatic heterocycles. The van der Waals surface area contributed by atoms with Crippen LogP contribution in [0.2, 0.25) is 0 Å². The van der Waals surface area contributed by atoms with Gasteiger partial charge in [0.05, 0.1) is 4.90 Å². The monoisotopic (exact) mass is 483 g/mol. The molecule has 32 heavy (non-hydrogen) atoms. The third-order valence-corrected chi connectivity index (χ3v) is 7.59. The van der Waals surface area contributed by atoms with Crippen LogP contribution in [0.1, 0.15) is 45.1 Å². The highest BCUT2D eigenvalue weighted by molar-refractivity contribution is 7.86. The number of unbranched alkanes of at least 4 members (excludes halogenated alkanes) is 2. The first-order chi connectivity index (χ1) is 14.7. The van der Waals surface area contributed by atoms with Crippen molar-refractivity contribution in [2.24, 2.45) is 0 Å². The van der Waals surface area contributed by atoms with E-state index in [9.17, 15) is 30.7 Å². The predicted octanol–water partition coefficient (Wildman–Crippen LogP) is 3.59. The Bertz CT molecular complexity index is 1330. The lowest BCUT2D eigenvalue weighted by atomic mass is 9.81. The molecule has 0 bridgehead atoms. The summed E-state index contributed by atoms with van der Waals surface area (Å²) in [6.07, 6.45) is 2.02. The molecule has 1 heterocycles. The van der Waals surface area contributed by atoms with E-state index in [1.807, 2.05) is 18.7 Å². The fourth-order valence-corrected chi connectivity index (χ4v) is 5.55. The minimum atomic E-state index is -4.78. The Morgan fingerprint density at radius 2 is 1.66 bits per heavy atom. The van der Waals surface area contributed by atoms with Gasteiger partial charge in [0.2, 0.25) is 0 Å². The summed E-state index contributed by atoms with van der Waals surface area (Å²) in [5, 5.41) is 9.18. The Labute approximate surface area is 186 Å². The molecule has 0 aromatic heterocycles. The van der Waals surface area contributed by atoms with Gasteiger partial charge in [-0.25, -0.2) is 0 Å². The Kier molecular flexibility index (Phi) is 6.15. The average molecular weight is 484 g/mol. The van der Waals surface area contributed by atoms with E-state index in [4.69, 9.17) is 5.11 Å². The number of anilines is 1. The SMILES string of the molecule is C=C1N(CCCCCC(=O)O)c2ccc3c(S(=O)(=O)O)cc(S(=O)(=O)O)cc3c2C1(C)C. The van der Waals surface area contributed by atoms with Crippen LogP contribution in [-0.2, 0) is 30.4 Å². The topological polar surface area (TPSA) is 149 Å². The van der Waals surface area contributed by atoms with Gasteiger partial charge in [-0.2, -0.15) is 16.8 Å². The second kappa shape index (κ2) is 8.14. The van der Waals surface area contributed by atoms with Crippen LogP contribution >= 0.6 is 0 Å². The van der Waals surface area contributed by atoms with Crippen LogP contribution in [0.4, 0.5) is 5.69 Å². The molecule has 3 rings (SSSR count). The van der Waals surface area contributed by atoms with Crippen molar-refractivity contribution in [3.05, 3.63) is 42.1 Å². The quantitative estimate of drug-likeness (QED) is 0.378. The van der Waals surface area contributed by atoms with Crippen molar-refractivity contribution in [2.75, 3.05) is 11.4 Å². The Hall–Kier alpha value is -2.47. The van der Waals surface area contributed by atoms with Gasteiger partial charge in [0.15, 0.2) is 0 Å². The molecule has 0 spiro atoms. The second-order valence-corrected chi connectivity index (χ2v) is 11.2. The van der Waals surface area contributed by atoms with Gasteiger partial charge in [-0.05, 0) is 42.0 Å². The van der Waals surface area contributed by atoms with Crippen molar-refractivity contribution in [2.45, 2.75) is 54.7 Å². The number of carbonyl (C=O) groups is 1. The van der Waals surface area contributed by atoms with Crippen LogP contribution < -0.4 is 4.90 Å². The van der Waals surface area contributed by atoms with E-state index in [1.54, 1.807) is 6.07 Å². The number of hydrogen-bond donors (Lipinski definition) is 3. The van der Waals surface area contributed by atoms with Gasteiger partial charge < -0.3 is 10.0 Å². The molecule has 0 radical (unpaired) electrons. The fourth-order valence-electron chi connectivity index (χ4n) is 4.21. The highest BCUT2D eigenvalue weighted by Crippen LogP contribution is 2.51. The first-order valence-corrected chi connectivity index (χ1v) is 12.8. The van der Waals surface area contributed by atoms with Gasteiger partial charge in [0.25, 0.3) is 20.2 Å². The van der Waals surface area contributed by atoms with E-state index in [0.717, 1.165) is 6.07 Å². The molecule has 0 aliphatic carbocycles. The van der Waals surface area contributed by atoms with E-state index >= 15 is 0 Å². The van der Waals surface area contributed by atoms with E-state index in [2.05, 4.69) is 6.58 Å². The normalized spacial score (nSPS) is 15.9. The van der Waals surface area contributed by atoms with Gasteiger partial charge >= 0.3 is 5.97 Å². The number of hydrogen-bond acceptors (Lipinski definition) is 6. The summed E-state index contributed by atoms with van der Waals surface area (Å²) in [5.41, 5.74) is 1.34. The molecule has 0 saturated heterocycles. The lowest BCUT2D eigenvalue weighted by molar-refractivity contribution is -0.137. The Balaban J connectivity index is 2.17. The number of nitrogens with zero attached hydrogens (tertiary/aromatic N) is 1. The van der Waals surface area contributed by atoms with Crippen LogP contribution in [0.15, 0.2) is 46.3 Å². The molecular weight excluding hydrogens is 458 g/mol. The van der Waals surface area contributed by atoms with Gasteiger partial charge in [0, 0.05) is 35.2 Å². The number of carboxylic acids is 1. The highest BCUT2D eigenvalue weighted by Gasteiger charge is 2.40. The molecule has 9 nitrogen and oxygen atoms in total. The van der Waals surface area contributed by atoms with E-state index in [0.29, 0.717) is 42.8 Å². The molecule has 3 N–H and O–H groups in total. The Morgan fingerprint density at radius 3 is 2.22 bits per heavy atom. The zero-order chi connectivity index (χ0) is 24.1. The largest absolute Gasteiger partial charge is 0.481 e. The fraction of sp³-hybridized carbons (Fsp3) is 0.381. The maximum absolute atomic E-state index is 12.0. The molecular formula is C21H25NO8S2. The van der Waals surface area contributed by atoms with Crippen molar-refractivity contribution in [3.63, 3.8) is 0 Å². The lowest BCUT2D eigenvalue weighted by Crippen LogP contribution is -2.26. The van der Waals surface area contributed by atoms with E-state index in [1.165, 1.54) is 12.1 Å². The van der Waals surface area contributed by atoms with Gasteiger partial charge in [0.1, 0.15) is 4.90 Å². The van der Waals surface area contributed by atoms with E-state index < -0.39 is 41.4 Å². The van der Waals surface area contributed by atoms with Crippen LogP contribution in [0, 0.1) is 0 Å². The molecule has 11 heteroatoms. The van der Waals surface area contributed by atoms with Crippen molar-refractivity contribution in [3.8, 4) is 0 Å². The summed E-state index contributed by atoms with van der Waals surface area (Å²) >= 11 is 0. The third-order valence-electron chi connectivity index (χ3n) is 5.86. The minimum absolute atomic E-state index is 0.0878. The number of aliphatic carboxylic acids is 1. The summed E-state index contributed by atoms with van der Waals surface area (Å²) in [6.45, 7) is 8.45. The summed E-state index contributed by atoms with van der Waals surface area (Å²) in [6, 6.07) is 5.10. The minimum Gasteiger partial charge on any atom is -0.481 e. The Morgan fingerprint density at radius 1 is 1.00 bits per heavy atom. The van der Waals surface area contributed by atoms with Crippen LogP contribution in [-0.4, -0.2) is 43.6 Å². The zero-order valence-corrected chi connectivity index (χ0v) is 19.3. The maximum Gasteiger partial charge on any atom is 0.303 e. The highest BCUT2D eigenvalue weighted by atomic mass is 32.2. The van der Waals surface area contributed by atoms with Crippen LogP contribution in [0.3, 0.4) is 0 Å². The standard InChI is InChI=1S/C21H25NO8S2/c1-13-21(2,3)20-16-11-14(31(25,26)27)12-18(32(28,29)30)15(16)8-9-17(20)22(13)10-6-4-5-7-19(23)24/h8-9,11-12H,1,4-7,10H2,2-3H3,(H,23,24)(H,25,26,27)(H,28,29,30). The van der Waals surface area contributed by atoms with Gasteiger partial charge in [-0.3, -0.25) is 13.9 Å². The van der Waals surface area contributed by atoms with Crippen molar-refractivity contribution in [1.29, 1.82) is 0 Å². The molecule has 1 aliphatic rings. The first-order valence-electron chi connectivity index (χ1n) is 9.90. The summed E-state index contributed by atoms with van der Waals surface area (Å²) in [7, 11) is -9.53. The van der Waals surface area contributed by atoms with Crippen molar-refractivity contribution < 1.29 is 35.8 Å². The number of allylic oxidation sites excluding steroid dienone is 1. The number of carboxylic acid groups (broad SMARTS) is 1. The molecule has 2 aromatic rings. The number of rotatable bonds is 8. The lowest BCUT2D eigenvalue weighted by Gasteiger charge is -2.26. The van der Waals surface area contributed by atoms with Crippen LogP contribution in [0.5, 0.6) is 0 Å². The predicted molar refractivity (Wildman–Crippen MR) is 119 cm³/mol. The zero-order valence-electron chi connectivity index (χ0n) is 17.7. The smallest absolute Gasteiger partial charge is 0.303 e. The molecule has 0 unspecified atom stereocenters. The summed E-state index contributed by atoms with van der Waals surface area (Å²) < 4.78 is 66.8. The average Bonchev–Trinajstić information content (AvgIpc) is 2.85. The summed E-state index contributed by atoms with van der Waals surface area (Å²) in [4.78, 5) is 11.4. The molecule has 0 atom stereocenters. The maximum atomic E-state index is 12.0. The number of fused-ring (bicyclic) bond motifs is 3. The second-order valence-electron chi connectivity index (χ2n) is 8.35. The van der Waals surface area contributed by atoms with Crippen molar-refractivity contribution in [1.82, 2.24) is 0 Å². The van der Waals surface area contributed by atoms with Crippen molar-refractivity contribution >= 4 is 42.7 Å². The first kappa shape index (κ1) is 24.2. The van der Waals surface area contributed by atoms with Gasteiger partial charge in [-0.15, -0.1) is 0 Å². The number of benzene rings is 2. The van der Waals surface area contributed by atoms with Gasteiger partial charge in [-0.1, -0.05) is 32.9 Å². The summed E-state index contributed by atoms with van der Waals surface area (Å²) in [5.74, 6) is -0.849. The molecule has 0 amide bonds. The molecule has 0 saturated carbocycles. The molecule has 0 fully saturated rings. The van der Waals surface area contributed by atoms with E-state index in [-0.39, 0.29) is 17.2 Å². The molecule has 174 valence electrons.